The summed E-state index contributed by atoms with van der Waals surface area (Å²) in [6.07, 6.45) is 3.49. The fourth-order valence-corrected chi connectivity index (χ4v) is 4.57. The molecule has 0 atom stereocenters. The van der Waals surface area contributed by atoms with Gasteiger partial charge in [-0.1, -0.05) is 17.7 Å². The lowest BCUT2D eigenvalue weighted by Crippen LogP contribution is -2.27. The van der Waals surface area contributed by atoms with Crippen LogP contribution in [0.5, 0.6) is 11.5 Å². The molecule has 0 saturated carbocycles. The first kappa shape index (κ1) is 24.4. The number of benzene rings is 2. The van der Waals surface area contributed by atoms with Crippen LogP contribution in [0.15, 0.2) is 47.6 Å². The Hall–Kier alpha value is -3.24. The summed E-state index contributed by atoms with van der Waals surface area (Å²) < 4.78 is 40.7. The molecule has 1 aromatic heterocycles. The molecule has 0 saturated heterocycles. The highest BCUT2D eigenvalue weighted by Gasteiger charge is 2.22. The average Bonchev–Trinajstić information content (AvgIpc) is 3.17. The molecule has 1 heterocycles. The van der Waals surface area contributed by atoms with Gasteiger partial charge in [0.1, 0.15) is 11.5 Å². The minimum absolute atomic E-state index is 0.0692. The molecule has 0 aliphatic rings. The van der Waals surface area contributed by atoms with Crippen LogP contribution in [0.25, 0.3) is 0 Å². The van der Waals surface area contributed by atoms with E-state index in [1.54, 1.807) is 38.0 Å². The van der Waals surface area contributed by atoms with E-state index in [9.17, 15) is 13.2 Å². The first-order valence-electron chi connectivity index (χ1n) is 9.83. The van der Waals surface area contributed by atoms with Gasteiger partial charge in [-0.15, -0.1) is 0 Å². The number of anilines is 1. The maximum absolute atomic E-state index is 13.1. The molecule has 1 amide bonds. The number of amides is 1. The second-order valence-corrected chi connectivity index (χ2v) is 9.54. The van der Waals surface area contributed by atoms with Crippen LogP contribution in [-0.2, 0) is 23.6 Å². The van der Waals surface area contributed by atoms with E-state index in [1.165, 1.54) is 43.4 Å². The van der Waals surface area contributed by atoms with E-state index >= 15 is 0 Å². The van der Waals surface area contributed by atoms with Gasteiger partial charge in [0.15, 0.2) is 0 Å². The van der Waals surface area contributed by atoms with E-state index < -0.39 is 10.0 Å². The second kappa shape index (κ2) is 9.72. The second-order valence-electron chi connectivity index (χ2n) is 7.45. The lowest BCUT2D eigenvalue weighted by molar-refractivity contribution is 0.0784. The highest BCUT2D eigenvalue weighted by Crippen LogP contribution is 2.37. The molecule has 0 unspecified atom stereocenters. The zero-order valence-corrected chi connectivity index (χ0v) is 20.5. The van der Waals surface area contributed by atoms with Crippen molar-refractivity contribution in [3.8, 4) is 11.5 Å². The normalized spacial score (nSPS) is 11.2. The quantitative estimate of drug-likeness (QED) is 0.516. The number of rotatable bonds is 8. The van der Waals surface area contributed by atoms with Crippen molar-refractivity contribution in [2.75, 3.05) is 26.0 Å². The minimum Gasteiger partial charge on any atom is -0.495 e. The molecule has 0 aliphatic carbocycles. The number of carbonyl (C=O) groups is 1. The third-order valence-electron chi connectivity index (χ3n) is 4.99. The van der Waals surface area contributed by atoms with Gasteiger partial charge in [0.05, 0.1) is 36.0 Å². The van der Waals surface area contributed by atoms with Crippen molar-refractivity contribution >= 4 is 33.2 Å². The summed E-state index contributed by atoms with van der Waals surface area (Å²) in [5, 5.41) is 4.32. The van der Waals surface area contributed by atoms with Gasteiger partial charge in [0.2, 0.25) is 0 Å². The molecular formula is C22H25ClN4O5S. The van der Waals surface area contributed by atoms with Crippen molar-refractivity contribution in [1.29, 1.82) is 0 Å². The SMILES string of the molecule is COc1cc(OC)c(NS(=O)(=O)c2ccc(C)c(C(=O)N(C)Cc3cnn(C)c3)c2)cc1Cl. The minimum atomic E-state index is -4.05. The van der Waals surface area contributed by atoms with E-state index in [0.717, 1.165) is 5.56 Å². The molecular weight excluding hydrogens is 468 g/mol. The first-order valence-corrected chi connectivity index (χ1v) is 11.7. The predicted molar refractivity (Wildman–Crippen MR) is 126 cm³/mol. The third-order valence-corrected chi connectivity index (χ3v) is 6.65. The Balaban J connectivity index is 1.90. The molecule has 176 valence electrons. The van der Waals surface area contributed by atoms with Crippen molar-refractivity contribution in [1.82, 2.24) is 14.7 Å². The molecule has 3 aromatic rings. The molecule has 0 fully saturated rings. The molecule has 3 rings (SSSR count). The largest absolute Gasteiger partial charge is 0.495 e. The van der Waals surface area contributed by atoms with Crippen LogP contribution < -0.4 is 14.2 Å². The smallest absolute Gasteiger partial charge is 0.262 e. The Kier molecular flexibility index (Phi) is 7.19. The maximum atomic E-state index is 13.1. The number of ether oxygens (including phenoxy) is 2. The summed E-state index contributed by atoms with van der Waals surface area (Å²) in [6, 6.07) is 7.28. The zero-order valence-electron chi connectivity index (χ0n) is 18.9. The molecule has 0 radical (unpaired) electrons. The molecule has 0 bridgehead atoms. The number of sulfonamides is 1. The van der Waals surface area contributed by atoms with Crippen LogP contribution in [0.1, 0.15) is 21.5 Å². The highest BCUT2D eigenvalue weighted by molar-refractivity contribution is 7.92. The fraction of sp³-hybridized carbons (Fsp3) is 0.273. The maximum Gasteiger partial charge on any atom is 0.262 e. The van der Waals surface area contributed by atoms with Crippen molar-refractivity contribution in [3.63, 3.8) is 0 Å². The molecule has 1 N–H and O–H groups in total. The number of halogens is 1. The number of hydrogen-bond donors (Lipinski definition) is 1. The number of carbonyl (C=O) groups excluding carboxylic acids is 1. The van der Waals surface area contributed by atoms with Crippen molar-refractivity contribution in [3.05, 3.63) is 64.4 Å². The van der Waals surface area contributed by atoms with Crippen molar-refractivity contribution < 1.29 is 22.7 Å². The fourth-order valence-electron chi connectivity index (χ4n) is 3.25. The van der Waals surface area contributed by atoms with E-state index in [4.69, 9.17) is 21.1 Å². The van der Waals surface area contributed by atoms with Gasteiger partial charge in [-0.2, -0.15) is 5.10 Å². The summed E-state index contributed by atoms with van der Waals surface area (Å²) >= 11 is 6.15. The Morgan fingerprint density at radius 2 is 1.88 bits per heavy atom. The van der Waals surface area contributed by atoms with E-state index in [2.05, 4.69) is 9.82 Å². The summed E-state index contributed by atoms with van der Waals surface area (Å²) in [5.41, 5.74) is 1.94. The van der Waals surface area contributed by atoms with Crippen LogP contribution >= 0.6 is 11.6 Å². The number of nitrogens with zero attached hydrogens (tertiary/aromatic N) is 3. The number of nitrogens with one attached hydrogen (secondary N) is 1. The van der Waals surface area contributed by atoms with Gasteiger partial charge in [-0.05, 0) is 30.7 Å². The third kappa shape index (κ3) is 5.40. The highest BCUT2D eigenvalue weighted by atomic mass is 35.5. The molecule has 9 nitrogen and oxygen atoms in total. The number of aryl methyl sites for hydroxylation is 2. The molecule has 2 aromatic carbocycles. The Labute approximate surface area is 197 Å². The first-order chi connectivity index (χ1) is 15.6. The van der Waals surface area contributed by atoms with Gasteiger partial charge in [0.25, 0.3) is 15.9 Å². The Morgan fingerprint density at radius 1 is 1.18 bits per heavy atom. The average molecular weight is 493 g/mol. The number of aromatic nitrogens is 2. The Bertz CT molecular complexity index is 1290. The summed E-state index contributed by atoms with van der Waals surface area (Å²) in [6.45, 7) is 2.09. The van der Waals surface area contributed by atoms with Gasteiger partial charge >= 0.3 is 0 Å². The van der Waals surface area contributed by atoms with Gasteiger partial charge in [-0.25, -0.2) is 8.42 Å². The summed E-state index contributed by atoms with van der Waals surface area (Å²) in [4.78, 5) is 14.5. The van der Waals surface area contributed by atoms with Crippen molar-refractivity contribution in [2.24, 2.45) is 7.05 Å². The lowest BCUT2D eigenvalue weighted by Gasteiger charge is -2.19. The molecule has 0 spiro atoms. The van der Waals surface area contributed by atoms with E-state index in [-0.39, 0.29) is 32.8 Å². The molecule has 0 aliphatic heterocycles. The van der Waals surface area contributed by atoms with Gasteiger partial charge in [0, 0.05) is 44.0 Å². The summed E-state index contributed by atoms with van der Waals surface area (Å²) in [7, 11) is 2.24. The lowest BCUT2D eigenvalue weighted by atomic mass is 10.1. The predicted octanol–water partition coefficient (Wildman–Crippen LogP) is 3.47. The van der Waals surface area contributed by atoms with Gasteiger partial charge < -0.3 is 14.4 Å². The van der Waals surface area contributed by atoms with Gasteiger partial charge in [-0.3, -0.25) is 14.2 Å². The van der Waals surface area contributed by atoms with Crippen LogP contribution in [0.4, 0.5) is 5.69 Å². The number of methoxy groups -OCH3 is 2. The van der Waals surface area contributed by atoms with Crippen LogP contribution in [0.2, 0.25) is 5.02 Å². The molecule has 33 heavy (non-hydrogen) atoms. The number of hydrogen-bond acceptors (Lipinski definition) is 6. The van der Waals surface area contributed by atoms with E-state index in [0.29, 0.717) is 17.9 Å². The zero-order chi connectivity index (χ0) is 24.3. The van der Waals surface area contributed by atoms with Crippen LogP contribution in [0.3, 0.4) is 0 Å². The van der Waals surface area contributed by atoms with E-state index in [1.807, 2.05) is 6.20 Å². The monoisotopic (exact) mass is 492 g/mol. The Morgan fingerprint density at radius 3 is 2.48 bits per heavy atom. The standard InChI is InChI=1S/C22H25ClN4O5S/c1-14-6-7-16(8-17(14)22(28)26(2)12-15-11-24-27(3)13-15)33(29,30)25-19-9-18(23)20(31-4)10-21(19)32-5/h6-11,13,25H,12H2,1-5H3. The summed E-state index contributed by atoms with van der Waals surface area (Å²) in [5.74, 6) is 0.272. The molecule has 11 heteroatoms. The van der Waals surface area contributed by atoms with Crippen LogP contribution in [-0.4, -0.2) is 50.3 Å². The van der Waals surface area contributed by atoms with Crippen molar-refractivity contribution in [2.45, 2.75) is 18.4 Å². The van der Waals surface area contributed by atoms with Crippen LogP contribution in [0, 0.1) is 6.92 Å². The topological polar surface area (TPSA) is 103 Å².